The van der Waals surface area contributed by atoms with Crippen molar-refractivity contribution in [3.8, 4) is 0 Å². The summed E-state index contributed by atoms with van der Waals surface area (Å²) in [6.07, 6.45) is 7.90. The fourth-order valence-electron chi connectivity index (χ4n) is 4.90. The largest absolute Gasteiger partial charge is 0.381 e. The van der Waals surface area contributed by atoms with Crippen molar-refractivity contribution < 1.29 is 14.3 Å². The Bertz CT molecular complexity index is 1280. The molecular formula is C24H31N7O4. The summed E-state index contributed by atoms with van der Waals surface area (Å²) < 4.78 is 14.1. The molecule has 0 spiro atoms. The molecule has 3 aromatic rings. The highest BCUT2D eigenvalue weighted by Crippen LogP contribution is 2.33. The fourth-order valence-corrected chi connectivity index (χ4v) is 4.90. The maximum absolute atomic E-state index is 13.1. The summed E-state index contributed by atoms with van der Waals surface area (Å²) in [4.78, 5) is 30.8. The Hall–Kier alpha value is -3.44. The quantitative estimate of drug-likeness (QED) is 0.448. The minimum absolute atomic E-state index is 0.0551. The van der Waals surface area contributed by atoms with Gasteiger partial charge in [0.1, 0.15) is 22.9 Å². The van der Waals surface area contributed by atoms with Gasteiger partial charge >= 0.3 is 0 Å². The molecule has 5 rings (SSSR count). The van der Waals surface area contributed by atoms with E-state index in [0.29, 0.717) is 28.5 Å². The summed E-state index contributed by atoms with van der Waals surface area (Å²) in [6, 6.07) is 5.50. The molecule has 0 radical (unpaired) electrons. The van der Waals surface area contributed by atoms with E-state index in [0.717, 1.165) is 32.1 Å². The van der Waals surface area contributed by atoms with Crippen LogP contribution in [0.3, 0.4) is 0 Å². The number of methoxy groups -OCH3 is 2. The number of ether oxygens (including phenoxy) is 2. The second kappa shape index (κ2) is 9.67. The molecule has 3 aromatic heterocycles. The van der Waals surface area contributed by atoms with Gasteiger partial charge in [-0.15, -0.1) is 0 Å². The van der Waals surface area contributed by atoms with Crippen LogP contribution in [0.25, 0.3) is 5.65 Å². The zero-order valence-electron chi connectivity index (χ0n) is 20.2. The number of aromatic nitrogens is 4. The normalized spacial score (nSPS) is 23.7. The third-order valence-electron chi connectivity index (χ3n) is 7.06. The third-order valence-corrected chi connectivity index (χ3v) is 7.06. The molecule has 35 heavy (non-hydrogen) atoms. The first kappa shape index (κ1) is 23.3. The molecule has 0 aromatic carbocycles. The van der Waals surface area contributed by atoms with Crippen LogP contribution in [0.15, 0.2) is 35.4 Å². The molecule has 2 aliphatic carbocycles. The molecule has 0 saturated heterocycles. The van der Waals surface area contributed by atoms with Crippen molar-refractivity contribution >= 4 is 28.9 Å². The topological polar surface area (TPSA) is 124 Å². The SMILES string of the molecule is CNc1cc(Nc2cccn(C3CC(OC)C3)c2=O)nc2c(C(=O)NC3CC[C@@H](OC)C3)cnn12. The van der Waals surface area contributed by atoms with E-state index in [1.807, 2.05) is 6.07 Å². The number of fused-ring (bicyclic) bond motifs is 1. The minimum atomic E-state index is -0.229. The molecule has 2 saturated carbocycles. The molecule has 2 aliphatic rings. The van der Waals surface area contributed by atoms with E-state index in [4.69, 9.17) is 9.47 Å². The van der Waals surface area contributed by atoms with Crippen molar-refractivity contribution in [2.75, 3.05) is 31.9 Å². The van der Waals surface area contributed by atoms with E-state index in [-0.39, 0.29) is 35.8 Å². The van der Waals surface area contributed by atoms with Gasteiger partial charge in [0, 0.05) is 45.6 Å². The Morgan fingerprint density at radius 2 is 1.94 bits per heavy atom. The Labute approximate surface area is 202 Å². The zero-order chi connectivity index (χ0) is 24.5. The molecule has 1 amide bonds. The lowest BCUT2D eigenvalue weighted by molar-refractivity contribution is 0.00522. The number of anilines is 3. The van der Waals surface area contributed by atoms with E-state index in [1.54, 1.807) is 48.7 Å². The lowest BCUT2D eigenvalue weighted by atomic mass is 9.89. The predicted octanol–water partition coefficient (Wildman–Crippen LogP) is 2.32. The number of hydrogen-bond acceptors (Lipinski definition) is 8. The van der Waals surface area contributed by atoms with Gasteiger partial charge in [-0.25, -0.2) is 4.98 Å². The Balaban J connectivity index is 1.41. The van der Waals surface area contributed by atoms with Crippen molar-refractivity contribution in [1.82, 2.24) is 24.5 Å². The summed E-state index contributed by atoms with van der Waals surface area (Å²) in [5.41, 5.74) is 1.06. The van der Waals surface area contributed by atoms with E-state index < -0.39 is 0 Å². The molecule has 3 heterocycles. The standard InChI is InChI=1S/C24H31N7O4/c1-25-21-12-20(28-19-5-4-8-30(24(19)33)15-10-17(11-15)35-3)29-22-18(13-26-31(21)22)23(32)27-14-6-7-16(9-14)34-2/h4-5,8,12-17,25H,6-7,9-11H2,1-3H3,(H,27,32)(H,28,29)/t14?,15?,16-,17?/m1/s1. The minimum Gasteiger partial charge on any atom is -0.381 e. The smallest absolute Gasteiger partial charge is 0.274 e. The molecule has 0 aliphatic heterocycles. The highest BCUT2D eigenvalue weighted by molar-refractivity contribution is 6.00. The van der Waals surface area contributed by atoms with Gasteiger partial charge in [-0.05, 0) is 44.2 Å². The van der Waals surface area contributed by atoms with Crippen molar-refractivity contribution in [2.24, 2.45) is 0 Å². The highest BCUT2D eigenvalue weighted by Gasteiger charge is 2.31. The average Bonchev–Trinajstić information content (AvgIpc) is 3.47. The maximum Gasteiger partial charge on any atom is 0.274 e. The van der Waals surface area contributed by atoms with Crippen LogP contribution in [0, 0.1) is 0 Å². The first-order valence-electron chi connectivity index (χ1n) is 11.9. The Morgan fingerprint density at radius 3 is 2.66 bits per heavy atom. The van der Waals surface area contributed by atoms with Gasteiger partial charge in [0.15, 0.2) is 5.65 Å². The second-order valence-corrected chi connectivity index (χ2v) is 9.15. The number of carbonyl (C=O) groups excluding carboxylic acids is 1. The summed E-state index contributed by atoms with van der Waals surface area (Å²) >= 11 is 0. The summed E-state index contributed by atoms with van der Waals surface area (Å²) in [5.74, 6) is 0.846. The number of nitrogens with zero attached hydrogens (tertiary/aromatic N) is 4. The average molecular weight is 482 g/mol. The van der Waals surface area contributed by atoms with E-state index in [1.165, 1.54) is 6.20 Å². The van der Waals surface area contributed by atoms with Crippen LogP contribution in [-0.4, -0.2) is 64.6 Å². The van der Waals surface area contributed by atoms with Crippen LogP contribution in [0.4, 0.5) is 17.3 Å². The Kier molecular flexibility index (Phi) is 6.44. The van der Waals surface area contributed by atoms with E-state index in [9.17, 15) is 9.59 Å². The second-order valence-electron chi connectivity index (χ2n) is 9.15. The van der Waals surface area contributed by atoms with Crippen LogP contribution in [0.2, 0.25) is 0 Å². The number of amides is 1. The number of pyridine rings is 1. The molecule has 0 bridgehead atoms. The van der Waals surface area contributed by atoms with Gasteiger partial charge in [-0.2, -0.15) is 9.61 Å². The van der Waals surface area contributed by atoms with Crippen LogP contribution >= 0.6 is 0 Å². The van der Waals surface area contributed by atoms with E-state index >= 15 is 0 Å². The van der Waals surface area contributed by atoms with Gasteiger partial charge in [-0.1, -0.05) is 0 Å². The van der Waals surface area contributed by atoms with Gasteiger partial charge in [-0.3, -0.25) is 9.59 Å². The van der Waals surface area contributed by atoms with Gasteiger partial charge in [0.05, 0.1) is 18.4 Å². The lowest BCUT2D eigenvalue weighted by Gasteiger charge is -2.35. The maximum atomic E-state index is 13.1. The monoisotopic (exact) mass is 481 g/mol. The molecule has 11 heteroatoms. The summed E-state index contributed by atoms with van der Waals surface area (Å²) in [5, 5.41) is 13.7. The number of nitrogens with one attached hydrogen (secondary N) is 3. The number of carbonyl (C=O) groups is 1. The molecule has 186 valence electrons. The van der Waals surface area contributed by atoms with Gasteiger partial charge in [0.2, 0.25) is 0 Å². The summed E-state index contributed by atoms with van der Waals surface area (Å²) in [6.45, 7) is 0. The molecule has 3 N–H and O–H groups in total. The van der Waals surface area contributed by atoms with Crippen molar-refractivity contribution in [3.05, 3.63) is 46.5 Å². The lowest BCUT2D eigenvalue weighted by Crippen LogP contribution is -2.37. The summed E-state index contributed by atoms with van der Waals surface area (Å²) in [7, 11) is 5.15. The highest BCUT2D eigenvalue weighted by atomic mass is 16.5. The van der Waals surface area contributed by atoms with Crippen molar-refractivity contribution in [1.29, 1.82) is 0 Å². The number of rotatable bonds is 8. The first-order valence-corrected chi connectivity index (χ1v) is 11.9. The zero-order valence-corrected chi connectivity index (χ0v) is 20.2. The molecular weight excluding hydrogens is 450 g/mol. The fraction of sp³-hybridized carbons (Fsp3) is 0.500. The molecule has 1 unspecified atom stereocenters. The molecule has 2 fully saturated rings. The van der Waals surface area contributed by atoms with Crippen LogP contribution < -0.4 is 21.5 Å². The van der Waals surface area contributed by atoms with E-state index in [2.05, 4.69) is 26.0 Å². The van der Waals surface area contributed by atoms with Gasteiger partial charge < -0.3 is 30.0 Å². The third kappa shape index (κ3) is 4.48. The van der Waals surface area contributed by atoms with Crippen LogP contribution in [0.1, 0.15) is 48.5 Å². The first-order chi connectivity index (χ1) is 17.0. The molecule has 2 atom stereocenters. The number of hydrogen-bond donors (Lipinski definition) is 3. The van der Waals surface area contributed by atoms with Crippen molar-refractivity contribution in [3.63, 3.8) is 0 Å². The predicted molar refractivity (Wildman–Crippen MR) is 131 cm³/mol. The van der Waals surface area contributed by atoms with Crippen molar-refractivity contribution in [2.45, 2.75) is 56.4 Å². The van der Waals surface area contributed by atoms with Crippen LogP contribution in [-0.2, 0) is 9.47 Å². The Morgan fingerprint density at radius 1 is 1.14 bits per heavy atom. The molecule has 11 nitrogen and oxygen atoms in total. The van der Waals surface area contributed by atoms with Gasteiger partial charge in [0.25, 0.3) is 11.5 Å². The van der Waals surface area contributed by atoms with Crippen LogP contribution in [0.5, 0.6) is 0 Å².